The molecule has 0 aliphatic heterocycles. The zero-order chi connectivity index (χ0) is 20.0. The van der Waals surface area contributed by atoms with Crippen LogP contribution < -0.4 is 10.6 Å². The Balaban J connectivity index is 0.00000300. The predicted octanol–water partition coefficient (Wildman–Crippen LogP) is 3.00. The lowest BCUT2D eigenvalue weighted by molar-refractivity contribution is -0.127. The molecule has 3 N–H and O–H groups in total. The third kappa shape index (κ3) is 6.84. The number of aliphatic imine (C=N–C) groups is 1. The molecule has 2 aliphatic rings. The summed E-state index contributed by atoms with van der Waals surface area (Å²) in [5, 5.41) is 18.1. The summed E-state index contributed by atoms with van der Waals surface area (Å²) in [6.45, 7) is 0.149. The number of rotatable bonds is 5. The summed E-state index contributed by atoms with van der Waals surface area (Å²) < 4.78 is 0. The van der Waals surface area contributed by atoms with Gasteiger partial charge in [-0.1, -0.05) is 43.2 Å². The van der Waals surface area contributed by atoms with Crippen LogP contribution in [-0.4, -0.2) is 54.6 Å². The van der Waals surface area contributed by atoms with Crippen molar-refractivity contribution < 1.29 is 9.90 Å². The standard InChI is InChI=1S/C22H34N4O2.HI/c1-26(2)20(27)16-23-21(24-18-10-6-7-11-18)25-19-12-14-22(28,15-13-19)17-8-4-3-5-9-17;/h3-5,8-9,18-19,28H,6-7,10-16H2,1-2H3,(H2,23,24,25);1H. The van der Waals surface area contributed by atoms with Crippen molar-refractivity contribution >= 4 is 35.8 Å². The Bertz CT molecular complexity index is 667. The van der Waals surface area contributed by atoms with Gasteiger partial charge in [0.05, 0.1) is 5.60 Å². The highest BCUT2D eigenvalue weighted by atomic mass is 127. The van der Waals surface area contributed by atoms with Gasteiger partial charge in [-0.3, -0.25) is 4.79 Å². The van der Waals surface area contributed by atoms with Crippen LogP contribution in [0.5, 0.6) is 0 Å². The van der Waals surface area contributed by atoms with Crippen LogP contribution in [0.15, 0.2) is 35.3 Å². The highest BCUT2D eigenvalue weighted by Crippen LogP contribution is 2.36. The first-order chi connectivity index (χ1) is 13.5. The van der Waals surface area contributed by atoms with Gasteiger partial charge >= 0.3 is 0 Å². The molecular formula is C22H35IN4O2. The number of likely N-dealkylation sites (N-methyl/N-ethyl adjacent to an activating group) is 1. The van der Waals surface area contributed by atoms with Gasteiger partial charge in [-0.2, -0.15) is 0 Å². The van der Waals surface area contributed by atoms with Gasteiger partial charge in [-0.05, 0) is 44.1 Å². The lowest BCUT2D eigenvalue weighted by Gasteiger charge is -2.37. The molecule has 2 aliphatic carbocycles. The van der Waals surface area contributed by atoms with Gasteiger partial charge in [0, 0.05) is 26.2 Å². The maximum Gasteiger partial charge on any atom is 0.243 e. The molecule has 0 atom stereocenters. The largest absolute Gasteiger partial charge is 0.385 e. The normalized spacial score (nSPS) is 25.2. The summed E-state index contributed by atoms with van der Waals surface area (Å²) in [5.41, 5.74) is 0.263. The minimum absolute atomic E-state index is 0. The molecule has 1 aromatic rings. The van der Waals surface area contributed by atoms with Gasteiger partial charge in [0.25, 0.3) is 0 Å². The average Bonchev–Trinajstić information content (AvgIpc) is 3.21. The van der Waals surface area contributed by atoms with Crippen molar-refractivity contribution in [2.24, 2.45) is 4.99 Å². The van der Waals surface area contributed by atoms with Crippen molar-refractivity contribution in [3.8, 4) is 0 Å². The smallest absolute Gasteiger partial charge is 0.243 e. The average molecular weight is 514 g/mol. The number of aliphatic hydroxyl groups is 1. The molecule has 1 amide bonds. The molecule has 7 heteroatoms. The number of hydrogen-bond donors (Lipinski definition) is 3. The van der Waals surface area contributed by atoms with E-state index in [1.54, 1.807) is 19.0 Å². The summed E-state index contributed by atoms with van der Waals surface area (Å²) in [5.74, 6) is 0.729. The number of nitrogens with one attached hydrogen (secondary N) is 2. The number of benzene rings is 1. The zero-order valence-corrected chi connectivity index (χ0v) is 19.9. The van der Waals surface area contributed by atoms with E-state index < -0.39 is 5.60 Å². The van der Waals surface area contributed by atoms with Crippen LogP contribution in [0, 0.1) is 0 Å². The highest BCUT2D eigenvalue weighted by molar-refractivity contribution is 14.0. The molecule has 3 rings (SSSR count). The first kappa shape index (κ1) is 23.9. The van der Waals surface area contributed by atoms with Gasteiger partial charge in [0.2, 0.25) is 5.91 Å². The van der Waals surface area contributed by atoms with Gasteiger partial charge in [-0.25, -0.2) is 4.99 Å². The summed E-state index contributed by atoms with van der Waals surface area (Å²) in [6, 6.07) is 10.7. The Morgan fingerprint density at radius 1 is 1.07 bits per heavy atom. The lowest BCUT2D eigenvalue weighted by Crippen LogP contribution is -2.49. The van der Waals surface area contributed by atoms with Crippen LogP contribution in [-0.2, 0) is 10.4 Å². The molecule has 162 valence electrons. The van der Waals surface area contributed by atoms with Gasteiger partial charge in [0.15, 0.2) is 5.96 Å². The predicted molar refractivity (Wildman–Crippen MR) is 128 cm³/mol. The molecule has 2 fully saturated rings. The molecule has 0 radical (unpaired) electrons. The fourth-order valence-corrected chi connectivity index (χ4v) is 4.15. The Kier molecular flexibility index (Phi) is 9.20. The number of carbonyl (C=O) groups is 1. The first-order valence-corrected chi connectivity index (χ1v) is 10.5. The number of halogens is 1. The second kappa shape index (κ2) is 11.2. The molecule has 0 unspecified atom stereocenters. The number of nitrogens with zero attached hydrogens (tertiary/aromatic N) is 2. The number of guanidine groups is 1. The summed E-state index contributed by atoms with van der Waals surface area (Å²) in [4.78, 5) is 18.1. The van der Waals surface area contributed by atoms with Gasteiger partial charge in [-0.15, -0.1) is 24.0 Å². The minimum Gasteiger partial charge on any atom is -0.385 e. The van der Waals surface area contributed by atoms with Crippen molar-refractivity contribution in [3.63, 3.8) is 0 Å². The van der Waals surface area contributed by atoms with E-state index in [4.69, 9.17) is 0 Å². The Morgan fingerprint density at radius 2 is 1.62 bits per heavy atom. The number of amides is 1. The van der Waals surface area contributed by atoms with E-state index in [0.29, 0.717) is 6.04 Å². The quantitative estimate of drug-likeness (QED) is 0.321. The van der Waals surface area contributed by atoms with E-state index in [-0.39, 0.29) is 42.5 Å². The summed E-state index contributed by atoms with van der Waals surface area (Å²) in [6.07, 6.45) is 7.99. The van der Waals surface area contributed by atoms with Crippen LogP contribution in [0.3, 0.4) is 0 Å². The maximum absolute atomic E-state index is 11.9. The summed E-state index contributed by atoms with van der Waals surface area (Å²) in [7, 11) is 3.50. The number of carbonyl (C=O) groups excluding carboxylic acids is 1. The molecule has 2 saturated carbocycles. The van der Waals surface area contributed by atoms with Crippen LogP contribution in [0.1, 0.15) is 56.9 Å². The third-order valence-electron chi connectivity index (χ3n) is 6.03. The third-order valence-corrected chi connectivity index (χ3v) is 6.03. The summed E-state index contributed by atoms with van der Waals surface area (Å²) >= 11 is 0. The Hall–Kier alpha value is -1.35. The zero-order valence-electron chi connectivity index (χ0n) is 17.6. The van der Waals surface area contributed by atoms with Gasteiger partial charge in [0.1, 0.15) is 6.54 Å². The molecule has 29 heavy (non-hydrogen) atoms. The molecule has 0 bridgehead atoms. The second-order valence-corrected chi connectivity index (χ2v) is 8.39. The molecular weight excluding hydrogens is 479 g/mol. The first-order valence-electron chi connectivity index (χ1n) is 10.5. The van der Waals surface area contributed by atoms with Crippen molar-refractivity contribution in [1.29, 1.82) is 0 Å². The molecule has 0 aromatic heterocycles. The molecule has 0 spiro atoms. The van der Waals surface area contributed by atoms with Crippen molar-refractivity contribution in [3.05, 3.63) is 35.9 Å². The van der Waals surface area contributed by atoms with Crippen molar-refractivity contribution in [2.45, 2.75) is 69.1 Å². The molecule has 6 nitrogen and oxygen atoms in total. The van der Waals surface area contributed by atoms with E-state index in [2.05, 4.69) is 15.6 Å². The molecule has 1 aromatic carbocycles. The van der Waals surface area contributed by atoms with Crippen LogP contribution >= 0.6 is 24.0 Å². The van der Waals surface area contributed by atoms with Crippen LogP contribution in [0.25, 0.3) is 0 Å². The highest BCUT2D eigenvalue weighted by Gasteiger charge is 2.35. The van der Waals surface area contributed by atoms with Crippen LogP contribution in [0.4, 0.5) is 0 Å². The van der Waals surface area contributed by atoms with Crippen molar-refractivity contribution in [2.75, 3.05) is 20.6 Å². The van der Waals surface area contributed by atoms with E-state index >= 15 is 0 Å². The Morgan fingerprint density at radius 3 is 2.17 bits per heavy atom. The molecule has 0 heterocycles. The van der Waals surface area contributed by atoms with E-state index in [9.17, 15) is 9.90 Å². The Labute approximate surface area is 191 Å². The SMILES string of the molecule is CN(C)C(=O)CN=C(NC1CCCC1)NC1CCC(O)(c2ccccc2)CC1.I. The molecule has 0 saturated heterocycles. The second-order valence-electron chi connectivity index (χ2n) is 8.39. The number of hydrogen-bond acceptors (Lipinski definition) is 3. The maximum atomic E-state index is 11.9. The van der Waals surface area contributed by atoms with E-state index in [1.807, 2.05) is 30.3 Å². The van der Waals surface area contributed by atoms with E-state index in [1.165, 1.54) is 12.8 Å². The fourth-order valence-electron chi connectivity index (χ4n) is 4.15. The van der Waals surface area contributed by atoms with E-state index in [0.717, 1.165) is 50.0 Å². The monoisotopic (exact) mass is 514 g/mol. The fraction of sp³-hybridized carbons (Fsp3) is 0.636. The minimum atomic E-state index is -0.740. The lowest BCUT2D eigenvalue weighted by atomic mass is 9.78. The van der Waals surface area contributed by atoms with Gasteiger partial charge < -0.3 is 20.6 Å². The topological polar surface area (TPSA) is 77.0 Å². The van der Waals surface area contributed by atoms with Crippen LogP contribution in [0.2, 0.25) is 0 Å². The van der Waals surface area contributed by atoms with Crippen molar-refractivity contribution in [1.82, 2.24) is 15.5 Å².